The number of carbonyl (C=O) groups excluding carboxylic acids is 1. The second-order valence-corrected chi connectivity index (χ2v) is 10.6. The highest BCUT2D eigenvalue weighted by Crippen LogP contribution is 2.27. The van der Waals surface area contributed by atoms with Gasteiger partial charge in [-0.05, 0) is 36.4 Å². The van der Waals surface area contributed by atoms with Gasteiger partial charge >= 0.3 is 0 Å². The van der Waals surface area contributed by atoms with Crippen molar-refractivity contribution in [1.82, 2.24) is 19.7 Å². The van der Waals surface area contributed by atoms with E-state index in [2.05, 4.69) is 10.1 Å². The van der Waals surface area contributed by atoms with Crippen LogP contribution in [-0.2, 0) is 9.84 Å². The predicted octanol–water partition coefficient (Wildman–Crippen LogP) is 3.43. The van der Waals surface area contributed by atoms with Crippen LogP contribution in [0.1, 0.15) is 36.8 Å². The minimum atomic E-state index is -3.10. The van der Waals surface area contributed by atoms with Gasteiger partial charge < -0.3 is 4.90 Å². The van der Waals surface area contributed by atoms with Gasteiger partial charge in [0.25, 0.3) is 5.91 Å². The second kappa shape index (κ2) is 8.69. The average molecular weight is 445 g/mol. The Kier molecular flexibility index (Phi) is 6.01. The maximum Gasteiger partial charge on any atom is 0.293 e. The molecular weight excluding hydrogens is 420 g/mol. The molecular formula is C21H24N4O3S2. The SMILES string of the molecule is CCCCN(C(=O)c1nc(-c2cccs2)n(-c2ccccc2)n1)C1CCS(=O)(=O)C1. The van der Waals surface area contributed by atoms with Gasteiger partial charge in [0.2, 0.25) is 5.82 Å². The van der Waals surface area contributed by atoms with Crippen molar-refractivity contribution < 1.29 is 13.2 Å². The summed E-state index contributed by atoms with van der Waals surface area (Å²) in [5.74, 6) is 0.536. The fourth-order valence-electron chi connectivity index (χ4n) is 3.65. The third-order valence-electron chi connectivity index (χ3n) is 5.20. The second-order valence-electron chi connectivity index (χ2n) is 7.39. The molecule has 1 saturated heterocycles. The van der Waals surface area contributed by atoms with E-state index in [0.29, 0.717) is 18.8 Å². The third kappa shape index (κ3) is 4.32. The lowest BCUT2D eigenvalue weighted by atomic mass is 10.2. The molecule has 3 heterocycles. The molecule has 1 amide bonds. The number of benzene rings is 1. The maximum absolute atomic E-state index is 13.4. The van der Waals surface area contributed by atoms with E-state index in [1.165, 1.54) is 11.3 Å². The van der Waals surface area contributed by atoms with Crippen LogP contribution in [0.15, 0.2) is 47.8 Å². The molecule has 1 atom stereocenters. The van der Waals surface area contributed by atoms with Crippen molar-refractivity contribution in [2.24, 2.45) is 0 Å². The topological polar surface area (TPSA) is 85.2 Å². The van der Waals surface area contributed by atoms with E-state index >= 15 is 0 Å². The number of carbonyl (C=O) groups is 1. The van der Waals surface area contributed by atoms with E-state index in [1.807, 2.05) is 54.8 Å². The van der Waals surface area contributed by atoms with Crippen molar-refractivity contribution in [3.63, 3.8) is 0 Å². The fourth-order valence-corrected chi connectivity index (χ4v) is 6.07. The number of thiophene rings is 1. The van der Waals surface area contributed by atoms with Gasteiger partial charge in [0.1, 0.15) is 0 Å². The van der Waals surface area contributed by atoms with Gasteiger partial charge in [-0.25, -0.2) is 18.1 Å². The van der Waals surface area contributed by atoms with Crippen LogP contribution in [0.25, 0.3) is 16.4 Å². The summed E-state index contributed by atoms with van der Waals surface area (Å²) in [6.07, 6.45) is 2.18. The highest BCUT2D eigenvalue weighted by Gasteiger charge is 2.36. The van der Waals surface area contributed by atoms with E-state index in [0.717, 1.165) is 23.4 Å². The molecule has 7 nitrogen and oxygen atoms in total. The lowest BCUT2D eigenvalue weighted by Crippen LogP contribution is -2.42. The number of nitrogens with zero attached hydrogens (tertiary/aromatic N) is 4. The molecule has 158 valence electrons. The van der Waals surface area contributed by atoms with Gasteiger partial charge in [-0.15, -0.1) is 16.4 Å². The summed E-state index contributed by atoms with van der Waals surface area (Å²) >= 11 is 1.53. The fraction of sp³-hybridized carbons (Fsp3) is 0.381. The van der Waals surface area contributed by atoms with Crippen LogP contribution in [0.2, 0.25) is 0 Å². The van der Waals surface area contributed by atoms with Crippen LogP contribution < -0.4 is 0 Å². The molecule has 0 radical (unpaired) electrons. The van der Waals surface area contributed by atoms with Crippen molar-refractivity contribution in [2.45, 2.75) is 32.2 Å². The molecule has 30 heavy (non-hydrogen) atoms. The number of hydrogen-bond acceptors (Lipinski definition) is 6. The van der Waals surface area contributed by atoms with Gasteiger partial charge in [-0.1, -0.05) is 37.6 Å². The molecule has 1 fully saturated rings. The highest BCUT2D eigenvalue weighted by molar-refractivity contribution is 7.91. The zero-order valence-electron chi connectivity index (χ0n) is 16.8. The predicted molar refractivity (Wildman–Crippen MR) is 118 cm³/mol. The van der Waals surface area contributed by atoms with Crippen LogP contribution in [-0.4, -0.2) is 58.1 Å². The highest BCUT2D eigenvalue weighted by atomic mass is 32.2. The Balaban J connectivity index is 1.72. The van der Waals surface area contributed by atoms with Gasteiger partial charge in [0.05, 0.1) is 22.1 Å². The van der Waals surface area contributed by atoms with Crippen LogP contribution >= 0.6 is 11.3 Å². The molecule has 0 spiro atoms. The molecule has 2 aromatic heterocycles. The third-order valence-corrected chi connectivity index (χ3v) is 7.82. The molecule has 1 aromatic carbocycles. The summed E-state index contributed by atoms with van der Waals surface area (Å²) in [6, 6.07) is 13.1. The first-order valence-corrected chi connectivity index (χ1v) is 12.8. The Hall–Kier alpha value is -2.52. The molecule has 0 aliphatic carbocycles. The number of aromatic nitrogens is 3. The standard InChI is InChI=1S/C21H24N4O3S2/c1-2-3-12-24(17-11-14-30(27,28)15-17)21(26)19-22-20(18-10-7-13-29-18)25(23-19)16-8-5-4-6-9-16/h4-10,13,17H,2-3,11-12,14-15H2,1H3. The summed E-state index contributed by atoms with van der Waals surface area (Å²) in [6.45, 7) is 2.55. The Morgan fingerprint density at radius 1 is 1.23 bits per heavy atom. The van der Waals surface area contributed by atoms with Crippen molar-refractivity contribution >= 4 is 27.1 Å². The zero-order chi connectivity index (χ0) is 21.1. The minimum Gasteiger partial charge on any atom is -0.332 e. The van der Waals surface area contributed by atoms with E-state index in [1.54, 1.807) is 9.58 Å². The first-order valence-electron chi connectivity index (χ1n) is 10.1. The molecule has 4 rings (SSSR count). The van der Waals surface area contributed by atoms with E-state index in [9.17, 15) is 13.2 Å². The number of unbranched alkanes of at least 4 members (excludes halogenated alkanes) is 1. The van der Waals surface area contributed by atoms with E-state index < -0.39 is 9.84 Å². The minimum absolute atomic E-state index is 0.0135. The lowest BCUT2D eigenvalue weighted by molar-refractivity contribution is 0.0681. The number of amides is 1. The number of para-hydroxylation sites is 1. The van der Waals surface area contributed by atoms with Gasteiger partial charge in [-0.3, -0.25) is 4.79 Å². The molecule has 0 N–H and O–H groups in total. The van der Waals surface area contributed by atoms with Gasteiger partial charge in [0.15, 0.2) is 15.7 Å². The number of rotatable bonds is 7. The Morgan fingerprint density at radius 3 is 2.67 bits per heavy atom. The summed E-state index contributed by atoms with van der Waals surface area (Å²) in [7, 11) is -3.10. The van der Waals surface area contributed by atoms with Gasteiger partial charge in [-0.2, -0.15) is 0 Å². The molecule has 0 saturated carbocycles. The van der Waals surface area contributed by atoms with Crippen molar-refractivity contribution in [2.75, 3.05) is 18.1 Å². The summed E-state index contributed by atoms with van der Waals surface area (Å²) < 4.78 is 25.7. The number of sulfone groups is 1. The van der Waals surface area contributed by atoms with Crippen LogP contribution in [0.5, 0.6) is 0 Å². The van der Waals surface area contributed by atoms with Crippen molar-refractivity contribution in [3.05, 3.63) is 53.7 Å². The van der Waals surface area contributed by atoms with E-state index in [4.69, 9.17) is 0 Å². The first-order chi connectivity index (χ1) is 14.5. The molecule has 1 aliphatic heterocycles. The van der Waals surface area contributed by atoms with Crippen LogP contribution in [0.3, 0.4) is 0 Å². The van der Waals surface area contributed by atoms with Crippen molar-refractivity contribution in [1.29, 1.82) is 0 Å². The lowest BCUT2D eigenvalue weighted by Gasteiger charge is -2.27. The first kappa shape index (κ1) is 20.7. The summed E-state index contributed by atoms with van der Waals surface area (Å²) in [5.41, 5.74) is 0.816. The molecule has 9 heteroatoms. The summed E-state index contributed by atoms with van der Waals surface area (Å²) in [5, 5.41) is 6.50. The molecule has 3 aromatic rings. The monoisotopic (exact) mass is 444 g/mol. The Morgan fingerprint density at radius 2 is 2.03 bits per heavy atom. The van der Waals surface area contributed by atoms with Crippen LogP contribution in [0.4, 0.5) is 0 Å². The number of hydrogen-bond donors (Lipinski definition) is 0. The van der Waals surface area contributed by atoms with E-state index in [-0.39, 0.29) is 29.3 Å². The summed E-state index contributed by atoms with van der Waals surface area (Å²) in [4.78, 5) is 20.6. The smallest absolute Gasteiger partial charge is 0.293 e. The van der Waals surface area contributed by atoms with Gasteiger partial charge in [0, 0.05) is 12.6 Å². The quantitative estimate of drug-likeness (QED) is 0.557. The van der Waals surface area contributed by atoms with Crippen molar-refractivity contribution in [3.8, 4) is 16.4 Å². The molecule has 1 aliphatic rings. The zero-order valence-corrected chi connectivity index (χ0v) is 18.4. The molecule has 0 bridgehead atoms. The normalized spacial score (nSPS) is 17.8. The molecule has 1 unspecified atom stereocenters. The maximum atomic E-state index is 13.4. The average Bonchev–Trinajstić information content (AvgIpc) is 3.48. The Labute approximate surface area is 180 Å². The Bertz CT molecular complexity index is 1110. The van der Waals surface area contributed by atoms with Crippen LogP contribution in [0, 0.1) is 0 Å². The largest absolute Gasteiger partial charge is 0.332 e.